The molecule has 0 aliphatic carbocycles. The predicted molar refractivity (Wildman–Crippen MR) is 84.8 cm³/mol. The molecule has 1 atom stereocenters. The molecule has 1 aromatic heterocycles. The average molecular weight is 337 g/mol. The van der Waals surface area contributed by atoms with Crippen LogP contribution in [0.2, 0.25) is 0 Å². The molecule has 20 heavy (non-hydrogen) atoms. The number of aliphatic hydroxyl groups excluding tert-OH is 1. The SMILES string of the molecule is CCCn1ncc(Br)c1C(O)c1ccc(C(C)C)cc1. The maximum absolute atomic E-state index is 10.6. The highest BCUT2D eigenvalue weighted by Crippen LogP contribution is 2.29. The minimum atomic E-state index is -0.653. The number of aryl methyl sites for hydroxylation is 1. The van der Waals surface area contributed by atoms with Gasteiger partial charge < -0.3 is 5.11 Å². The van der Waals surface area contributed by atoms with E-state index < -0.39 is 6.10 Å². The van der Waals surface area contributed by atoms with E-state index in [0.29, 0.717) is 5.92 Å². The summed E-state index contributed by atoms with van der Waals surface area (Å²) in [6.07, 6.45) is 2.08. The molecule has 0 saturated heterocycles. The molecule has 1 N–H and O–H groups in total. The van der Waals surface area contributed by atoms with E-state index in [1.54, 1.807) is 6.20 Å². The van der Waals surface area contributed by atoms with Crippen LogP contribution in [0.4, 0.5) is 0 Å². The molecule has 2 rings (SSSR count). The number of benzene rings is 1. The van der Waals surface area contributed by atoms with E-state index in [4.69, 9.17) is 0 Å². The molecular weight excluding hydrogens is 316 g/mol. The number of hydrogen-bond donors (Lipinski definition) is 1. The maximum atomic E-state index is 10.6. The van der Waals surface area contributed by atoms with Gasteiger partial charge in [-0.25, -0.2) is 0 Å². The second-order valence-corrected chi connectivity index (χ2v) is 6.18. The Labute approximate surface area is 128 Å². The molecule has 1 unspecified atom stereocenters. The van der Waals surface area contributed by atoms with Gasteiger partial charge in [0.05, 0.1) is 16.4 Å². The molecule has 0 fully saturated rings. The lowest BCUT2D eigenvalue weighted by Gasteiger charge is -2.15. The van der Waals surface area contributed by atoms with Crippen LogP contribution in [0.25, 0.3) is 0 Å². The van der Waals surface area contributed by atoms with Gasteiger partial charge in [-0.2, -0.15) is 5.10 Å². The third kappa shape index (κ3) is 3.13. The van der Waals surface area contributed by atoms with E-state index in [2.05, 4.69) is 53.9 Å². The standard InChI is InChI=1S/C16H21BrN2O/c1-4-9-19-15(14(17)10-18-19)16(20)13-7-5-12(6-8-13)11(2)3/h5-8,10-11,16,20H,4,9H2,1-3H3. The zero-order valence-corrected chi connectivity index (χ0v) is 13.8. The number of aliphatic hydroxyl groups is 1. The minimum Gasteiger partial charge on any atom is -0.382 e. The average Bonchev–Trinajstić information content (AvgIpc) is 2.79. The lowest BCUT2D eigenvalue weighted by Crippen LogP contribution is -2.10. The molecule has 0 bridgehead atoms. The van der Waals surface area contributed by atoms with Crippen LogP contribution >= 0.6 is 15.9 Å². The fraction of sp³-hybridized carbons (Fsp3) is 0.438. The van der Waals surface area contributed by atoms with Crippen molar-refractivity contribution in [3.05, 3.63) is 51.8 Å². The lowest BCUT2D eigenvalue weighted by molar-refractivity contribution is 0.206. The van der Waals surface area contributed by atoms with Crippen LogP contribution in [-0.2, 0) is 6.54 Å². The third-order valence-corrected chi connectivity index (χ3v) is 4.06. The molecule has 0 amide bonds. The van der Waals surface area contributed by atoms with Gasteiger partial charge in [-0.05, 0) is 39.4 Å². The van der Waals surface area contributed by atoms with Crippen LogP contribution in [0.5, 0.6) is 0 Å². The summed E-state index contributed by atoms with van der Waals surface area (Å²) >= 11 is 3.48. The Morgan fingerprint density at radius 2 is 1.80 bits per heavy atom. The van der Waals surface area contributed by atoms with Crippen LogP contribution in [0.1, 0.15) is 56.0 Å². The Kier molecular flexibility index (Phi) is 5.00. The van der Waals surface area contributed by atoms with Gasteiger partial charge in [-0.1, -0.05) is 45.0 Å². The van der Waals surface area contributed by atoms with Crippen molar-refractivity contribution >= 4 is 15.9 Å². The highest BCUT2D eigenvalue weighted by Gasteiger charge is 2.19. The Bertz CT molecular complexity index is 560. The highest BCUT2D eigenvalue weighted by atomic mass is 79.9. The molecule has 0 radical (unpaired) electrons. The van der Waals surface area contributed by atoms with Crippen molar-refractivity contribution in [2.75, 3.05) is 0 Å². The van der Waals surface area contributed by atoms with Crippen molar-refractivity contribution in [3.63, 3.8) is 0 Å². The van der Waals surface area contributed by atoms with E-state index in [0.717, 1.165) is 28.7 Å². The Balaban J connectivity index is 2.31. The van der Waals surface area contributed by atoms with Crippen LogP contribution in [-0.4, -0.2) is 14.9 Å². The molecule has 108 valence electrons. The summed E-state index contributed by atoms with van der Waals surface area (Å²) in [4.78, 5) is 0. The van der Waals surface area contributed by atoms with E-state index in [1.165, 1.54) is 5.56 Å². The molecule has 0 aliphatic rings. The van der Waals surface area contributed by atoms with Gasteiger partial charge in [0.15, 0.2) is 0 Å². The lowest BCUT2D eigenvalue weighted by atomic mass is 9.99. The molecule has 3 nitrogen and oxygen atoms in total. The Morgan fingerprint density at radius 3 is 2.35 bits per heavy atom. The van der Waals surface area contributed by atoms with Gasteiger partial charge in [-0.3, -0.25) is 4.68 Å². The van der Waals surface area contributed by atoms with Crippen molar-refractivity contribution in [2.24, 2.45) is 0 Å². The zero-order valence-electron chi connectivity index (χ0n) is 12.2. The van der Waals surface area contributed by atoms with Gasteiger partial charge in [0.1, 0.15) is 6.10 Å². The second kappa shape index (κ2) is 6.55. The van der Waals surface area contributed by atoms with Gasteiger partial charge in [0.2, 0.25) is 0 Å². The van der Waals surface area contributed by atoms with Crippen molar-refractivity contribution in [1.29, 1.82) is 0 Å². The molecule has 0 saturated carbocycles. The van der Waals surface area contributed by atoms with Gasteiger partial charge >= 0.3 is 0 Å². The first-order valence-corrected chi connectivity index (χ1v) is 7.83. The maximum Gasteiger partial charge on any atom is 0.122 e. The molecule has 4 heteroatoms. The van der Waals surface area contributed by atoms with Crippen molar-refractivity contribution < 1.29 is 5.11 Å². The number of rotatable bonds is 5. The fourth-order valence-electron chi connectivity index (χ4n) is 2.25. The van der Waals surface area contributed by atoms with Crippen molar-refractivity contribution in [2.45, 2.75) is 45.8 Å². The number of halogens is 1. The smallest absolute Gasteiger partial charge is 0.122 e. The molecule has 2 aromatic rings. The summed E-state index contributed by atoms with van der Waals surface area (Å²) in [5.74, 6) is 0.499. The second-order valence-electron chi connectivity index (χ2n) is 5.32. The summed E-state index contributed by atoms with van der Waals surface area (Å²) in [5, 5.41) is 14.9. The Morgan fingerprint density at radius 1 is 1.20 bits per heavy atom. The van der Waals surface area contributed by atoms with Gasteiger partial charge in [-0.15, -0.1) is 0 Å². The van der Waals surface area contributed by atoms with Crippen LogP contribution in [0, 0.1) is 0 Å². The van der Waals surface area contributed by atoms with Gasteiger partial charge in [0.25, 0.3) is 0 Å². The first-order chi connectivity index (χ1) is 9.54. The predicted octanol–water partition coefficient (Wildman–Crippen LogP) is 4.26. The summed E-state index contributed by atoms with van der Waals surface area (Å²) in [6.45, 7) is 7.24. The number of aromatic nitrogens is 2. The topological polar surface area (TPSA) is 38.0 Å². The van der Waals surface area contributed by atoms with E-state index >= 15 is 0 Å². The number of hydrogen-bond acceptors (Lipinski definition) is 2. The van der Waals surface area contributed by atoms with Crippen LogP contribution < -0.4 is 0 Å². The monoisotopic (exact) mass is 336 g/mol. The fourth-order valence-corrected chi connectivity index (χ4v) is 2.77. The molecular formula is C16H21BrN2O. The normalized spacial score (nSPS) is 12.9. The first kappa shape index (κ1) is 15.3. The molecule has 1 heterocycles. The molecule has 1 aromatic carbocycles. The summed E-state index contributed by atoms with van der Waals surface area (Å²) < 4.78 is 2.72. The highest BCUT2D eigenvalue weighted by molar-refractivity contribution is 9.10. The van der Waals surface area contributed by atoms with E-state index in [-0.39, 0.29) is 0 Å². The number of nitrogens with zero attached hydrogens (tertiary/aromatic N) is 2. The molecule has 0 aliphatic heterocycles. The van der Waals surface area contributed by atoms with Gasteiger partial charge in [0, 0.05) is 6.54 Å². The first-order valence-electron chi connectivity index (χ1n) is 7.03. The third-order valence-electron chi connectivity index (χ3n) is 3.45. The quantitative estimate of drug-likeness (QED) is 0.885. The summed E-state index contributed by atoms with van der Waals surface area (Å²) in [7, 11) is 0. The van der Waals surface area contributed by atoms with Crippen LogP contribution in [0.3, 0.4) is 0 Å². The summed E-state index contributed by atoms with van der Waals surface area (Å²) in [5.41, 5.74) is 3.00. The van der Waals surface area contributed by atoms with E-state index in [1.807, 2.05) is 16.8 Å². The largest absolute Gasteiger partial charge is 0.382 e. The molecule has 0 spiro atoms. The van der Waals surface area contributed by atoms with Crippen LogP contribution in [0.15, 0.2) is 34.9 Å². The van der Waals surface area contributed by atoms with Crippen molar-refractivity contribution in [1.82, 2.24) is 9.78 Å². The van der Waals surface area contributed by atoms with Crippen molar-refractivity contribution in [3.8, 4) is 0 Å². The van der Waals surface area contributed by atoms with E-state index in [9.17, 15) is 5.11 Å². The zero-order chi connectivity index (χ0) is 14.7. The summed E-state index contributed by atoms with van der Waals surface area (Å²) in [6, 6.07) is 8.15. The minimum absolute atomic E-state index is 0.499. The Hall–Kier alpha value is -1.13.